The summed E-state index contributed by atoms with van der Waals surface area (Å²) in [6.07, 6.45) is 5.28. The molecule has 2 unspecified atom stereocenters. The Morgan fingerprint density at radius 3 is 2.89 bits per heavy atom. The quantitative estimate of drug-likeness (QED) is 0.870. The van der Waals surface area contributed by atoms with E-state index in [0.29, 0.717) is 16.7 Å². The van der Waals surface area contributed by atoms with E-state index < -0.39 is 0 Å². The van der Waals surface area contributed by atoms with Crippen molar-refractivity contribution in [1.29, 1.82) is 0 Å². The summed E-state index contributed by atoms with van der Waals surface area (Å²) in [6, 6.07) is 0.468. The molecule has 0 bridgehead atoms. The monoisotopic (exact) mass is 282 g/mol. The topological polar surface area (TPSA) is 42.7 Å². The third kappa shape index (κ3) is 3.51. The Bertz CT molecular complexity index is 396. The Morgan fingerprint density at radius 2 is 2.32 bits per heavy atom. The largest absolute Gasteiger partial charge is 0.315 e. The molecule has 2 heterocycles. The first-order chi connectivity index (χ1) is 9.05. The zero-order chi connectivity index (χ0) is 13.9. The molecular weight excluding hydrogens is 256 g/mol. The molecule has 0 amide bonds. The van der Waals surface area contributed by atoms with E-state index in [1.54, 1.807) is 6.33 Å². The zero-order valence-electron chi connectivity index (χ0n) is 12.5. The minimum atomic E-state index is 0.337. The van der Waals surface area contributed by atoms with Gasteiger partial charge in [0.2, 0.25) is 0 Å². The smallest absolute Gasteiger partial charge is 0.138 e. The van der Waals surface area contributed by atoms with Crippen LogP contribution in [0, 0.1) is 5.92 Å². The standard InChI is InChI=1S/C14H26N4S/c1-11(2)9-18-13(16-10-17-18)8-12(15-4)14(3)6-5-7-19-14/h10-12,15H,5-9H2,1-4H3. The van der Waals surface area contributed by atoms with Gasteiger partial charge in [-0.3, -0.25) is 0 Å². The molecule has 0 spiro atoms. The number of hydrogen-bond donors (Lipinski definition) is 1. The van der Waals surface area contributed by atoms with Crippen molar-refractivity contribution in [2.45, 2.75) is 57.4 Å². The van der Waals surface area contributed by atoms with Gasteiger partial charge < -0.3 is 5.32 Å². The molecule has 2 rings (SSSR count). The van der Waals surface area contributed by atoms with Crippen molar-refractivity contribution in [3.05, 3.63) is 12.2 Å². The van der Waals surface area contributed by atoms with E-state index in [1.807, 2.05) is 0 Å². The van der Waals surface area contributed by atoms with E-state index in [0.717, 1.165) is 18.8 Å². The zero-order valence-corrected chi connectivity index (χ0v) is 13.3. The molecular formula is C14H26N4S. The van der Waals surface area contributed by atoms with Crippen LogP contribution in [-0.2, 0) is 13.0 Å². The van der Waals surface area contributed by atoms with Gasteiger partial charge in [-0.25, -0.2) is 9.67 Å². The number of likely N-dealkylation sites (N-methyl/N-ethyl adjacent to an activating group) is 1. The third-order valence-electron chi connectivity index (χ3n) is 3.96. The van der Waals surface area contributed by atoms with Crippen molar-refractivity contribution in [3.63, 3.8) is 0 Å². The van der Waals surface area contributed by atoms with E-state index in [9.17, 15) is 0 Å². The van der Waals surface area contributed by atoms with Gasteiger partial charge in [0.05, 0.1) is 0 Å². The molecule has 5 heteroatoms. The van der Waals surface area contributed by atoms with Crippen LogP contribution >= 0.6 is 11.8 Å². The van der Waals surface area contributed by atoms with Gasteiger partial charge in [0.25, 0.3) is 0 Å². The lowest BCUT2D eigenvalue weighted by atomic mass is 9.93. The van der Waals surface area contributed by atoms with E-state index in [4.69, 9.17) is 0 Å². The van der Waals surface area contributed by atoms with Crippen LogP contribution in [0.15, 0.2) is 6.33 Å². The van der Waals surface area contributed by atoms with E-state index in [-0.39, 0.29) is 0 Å². The van der Waals surface area contributed by atoms with Crippen molar-refractivity contribution in [3.8, 4) is 0 Å². The Morgan fingerprint density at radius 1 is 1.53 bits per heavy atom. The molecule has 19 heavy (non-hydrogen) atoms. The Hall–Kier alpha value is -0.550. The SMILES string of the molecule is CNC(Cc1ncnn1CC(C)C)C1(C)CCCS1. The fraction of sp³-hybridized carbons (Fsp3) is 0.857. The predicted molar refractivity (Wildman–Crippen MR) is 81.5 cm³/mol. The fourth-order valence-corrected chi connectivity index (χ4v) is 4.27. The predicted octanol–water partition coefficient (Wildman–Crippen LogP) is 2.35. The summed E-state index contributed by atoms with van der Waals surface area (Å²) < 4.78 is 2.40. The van der Waals surface area contributed by atoms with E-state index in [2.05, 4.69) is 59.7 Å². The highest BCUT2D eigenvalue weighted by Gasteiger charge is 2.37. The van der Waals surface area contributed by atoms with E-state index >= 15 is 0 Å². The number of nitrogens with zero attached hydrogens (tertiary/aromatic N) is 3. The number of hydrogen-bond acceptors (Lipinski definition) is 4. The number of thioether (sulfide) groups is 1. The molecule has 1 saturated heterocycles. The lowest BCUT2D eigenvalue weighted by Crippen LogP contribution is -2.45. The average molecular weight is 282 g/mol. The molecule has 0 aromatic carbocycles. The van der Waals surface area contributed by atoms with Gasteiger partial charge in [0.1, 0.15) is 12.2 Å². The van der Waals surface area contributed by atoms with Gasteiger partial charge >= 0.3 is 0 Å². The molecule has 0 saturated carbocycles. The molecule has 0 aliphatic carbocycles. The summed E-state index contributed by atoms with van der Waals surface area (Å²) in [6.45, 7) is 7.77. The van der Waals surface area contributed by atoms with Gasteiger partial charge in [0, 0.05) is 23.8 Å². The van der Waals surface area contributed by atoms with Crippen LogP contribution in [0.5, 0.6) is 0 Å². The van der Waals surface area contributed by atoms with Crippen LogP contribution in [0.1, 0.15) is 39.4 Å². The maximum atomic E-state index is 4.46. The highest BCUT2D eigenvalue weighted by molar-refractivity contribution is 8.00. The molecule has 1 N–H and O–H groups in total. The van der Waals surface area contributed by atoms with Crippen molar-refractivity contribution >= 4 is 11.8 Å². The molecule has 1 aliphatic rings. The highest BCUT2D eigenvalue weighted by Crippen LogP contribution is 2.41. The van der Waals surface area contributed by atoms with Gasteiger partial charge in [0.15, 0.2) is 0 Å². The van der Waals surface area contributed by atoms with Crippen LogP contribution in [0.4, 0.5) is 0 Å². The number of rotatable bonds is 6. The summed E-state index contributed by atoms with van der Waals surface area (Å²) in [5.41, 5.74) is 0. The van der Waals surface area contributed by atoms with Crippen molar-refractivity contribution < 1.29 is 0 Å². The first-order valence-corrected chi connectivity index (χ1v) is 8.21. The van der Waals surface area contributed by atoms with Crippen LogP contribution in [-0.4, -0.2) is 38.4 Å². The van der Waals surface area contributed by atoms with Gasteiger partial charge in [-0.05, 0) is 38.5 Å². The van der Waals surface area contributed by atoms with Crippen LogP contribution in [0.2, 0.25) is 0 Å². The summed E-state index contributed by atoms with van der Waals surface area (Å²) in [5, 5.41) is 7.87. The molecule has 1 aromatic heterocycles. The maximum Gasteiger partial charge on any atom is 0.138 e. The number of aromatic nitrogens is 3. The Labute approximate surface area is 120 Å². The Balaban J connectivity index is 2.08. The van der Waals surface area contributed by atoms with Crippen molar-refractivity contribution in [2.24, 2.45) is 5.92 Å². The number of nitrogens with one attached hydrogen (secondary N) is 1. The lowest BCUT2D eigenvalue weighted by Gasteiger charge is -2.33. The highest BCUT2D eigenvalue weighted by atomic mass is 32.2. The molecule has 1 fully saturated rings. The first-order valence-electron chi connectivity index (χ1n) is 7.23. The summed E-state index contributed by atoms with van der Waals surface area (Å²) in [7, 11) is 2.07. The minimum absolute atomic E-state index is 0.337. The molecule has 1 aliphatic heterocycles. The second-order valence-corrected chi connectivity index (χ2v) is 7.69. The van der Waals surface area contributed by atoms with Crippen molar-refractivity contribution in [2.75, 3.05) is 12.8 Å². The van der Waals surface area contributed by atoms with Gasteiger partial charge in [-0.15, -0.1) is 0 Å². The van der Waals surface area contributed by atoms with Crippen LogP contribution in [0.3, 0.4) is 0 Å². The normalized spacial score (nSPS) is 25.1. The molecule has 4 nitrogen and oxygen atoms in total. The molecule has 2 atom stereocenters. The fourth-order valence-electron chi connectivity index (χ4n) is 2.83. The van der Waals surface area contributed by atoms with Crippen LogP contribution < -0.4 is 5.32 Å². The summed E-state index contributed by atoms with van der Waals surface area (Å²) in [4.78, 5) is 4.46. The Kier molecular flexibility index (Phi) is 4.90. The van der Waals surface area contributed by atoms with Crippen LogP contribution in [0.25, 0.3) is 0 Å². The second kappa shape index (κ2) is 6.27. The van der Waals surface area contributed by atoms with Crippen molar-refractivity contribution in [1.82, 2.24) is 20.1 Å². The van der Waals surface area contributed by atoms with Gasteiger partial charge in [-0.2, -0.15) is 16.9 Å². The maximum absolute atomic E-state index is 4.46. The second-order valence-electron chi connectivity index (χ2n) is 6.06. The minimum Gasteiger partial charge on any atom is -0.315 e. The summed E-state index contributed by atoms with van der Waals surface area (Å²) >= 11 is 2.10. The molecule has 0 radical (unpaired) electrons. The lowest BCUT2D eigenvalue weighted by molar-refractivity contribution is 0.397. The van der Waals surface area contributed by atoms with Gasteiger partial charge in [-0.1, -0.05) is 13.8 Å². The molecule has 1 aromatic rings. The first kappa shape index (κ1) is 14.9. The molecule has 108 valence electrons. The average Bonchev–Trinajstić information content (AvgIpc) is 2.96. The third-order valence-corrected chi connectivity index (χ3v) is 5.60. The van der Waals surface area contributed by atoms with E-state index in [1.165, 1.54) is 18.6 Å². The summed E-state index contributed by atoms with van der Waals surface area (Å²) in [5.74, 6) is 3.00.